The Hall–Kier alpha value is -2.47. The Balaban J connectivity index is 2.24. The van der Waals surface area contributed by atoms with Crippen LogP contribution in [0.1, 0.15) is 12.5 Å². The highest BCUT2D eigenvalue weighted by Gasteiger charge is 2.20. The van der Waals surface area contributed by atoms with Crippen molar-refractivity contribution >= 4 is 34.8 Å². The zero-order valence-electron chi connectivity index (χ0n) is 13.1. The fourth-order valence-corrected chi connectivity index (χ4v) is 2.35. The molecule has 4 nitrogen and oxygen atoms in total. The Morgan fingerprint density at radius 2 is 1.79 bits per heavy atom. The topological polar surface area (TPSA) is 49.4 Å². The van der Waals surface area contributed by atoms with Crippen LogP contribution < -0.4 is 10.2 Å². The van der Waals surface area contributed by atoms with E-state index in [0.29, 0.717) is 10.7 Å². The number of hydrogen-bond donors (Lipinski definition) is 1. The largest absolute Gasteiger partial charge is 0.320 e. The molecule has 0 saturated carbocycles. The van der Waals surface area contributed by atoms with Gasteiger partial charge in [0.15, 0.2) is 0 Å². The zero-order chi connectivity index (χ0) is 17.9. The smallest absolute Gasteiger partial charge is 0.244 e. The van der Waals surface area contributed by atoms with E-state index in [1.165, 1.54) is 17.9 Å². The summed E-state index contributed by atoms with van der Waals surface area (Å²) in [6, 6.07) is 8.17. The SMILES string of the molecule is CC(=O)N(CC(=O)Nc1c(F)cccc1F)c1cc(Cl)ccc1C. The van der Waals surface area contributed by atoms with Crippen LogP contribution in [0.5, 0.6) is 0 Å². The molecule has 0 radical (unpaired) electrons. The van der Waals surface area contributed by atoms with Crippen molar-refractivity contribution in [2.24, 2.45) is 0 Å². The number of nitrogens with one attached hydrogen (secondary N) is 1. The van der Waals surface area contributed by atoms with Crippen molar-refractivity contribution in [2.45, 2.75) is 13.8 Å². The van der Waals surface area contributed by atoms with Gasteiger partial charge < -0.3 is 10.2 Å². The average molecular weight is 353 g/mol. The number of carbonyl (C=O) groups excluding carboxylic acids is 2. The number of hydrogen-bond acceptors (Lipinski definition) is 2. The quantitative estimate of drug-likeness (QED) is 0.906. The van der Waals surface area contributed by atoms with Gasteiger partial charge >= 0.3 is 0 Å². The van der Waals surface area contributed by atoms with Gasteiger partial charge in [0.2, 0.25) is 11.8 Å². The van der Waals surface area contributed by atoms with Crippen LogP contribution in [0.25, 0.3) is 0 Å². The number of amides is 2. The third-order valence-corrected chi connectivity index (χ3v) is 3.61. The second-order valence-electron chi connectivity index (χ2n) is 5.18. The molecule has 0 fully saturated rings. The minimum absolute atomic E-state index is 0.399. The van der Waals surface area contributed by atoms with E-state index in [0.717, 1.165) is 17.7 Å². The lowest BCUT2D eigenvalue weighted by Crippen LogP contribution is -2.37. The number of anilines is 2. The van der Waals surface area contributed by atoms with Gasteiger partial charge in [0.05, 0.1) is 0 Å². The molecule has 0 atom stereocenters. The Labute approximate surface area is 143 Å². The number of rotatable bonds is 4. The third-order valence-electron chi connectivity index (χ3n) is 3.37. The lowest BCUT2D eigenvalue weighted by molar-refractivity contribution is -0.120. The first-order chi connectivity index (χ1) is 11.3. The Bertz CT molecular complexity index is 776. The molecule has 2 amide bonds. The summed E-state index contributed by atoms with van der Waals surface area (Å²) in [6.07, 6.45) is 0. The van der Waals surface area contributed by atoms with Crippen LogP contribution in [0, 0.1) is 18.6 Å². The van der Waals surface area contributed by atoms with E-state index in [1.54, 1.807) is 25.1 Å². The van der Waals surface area contributed by atoms with Crippen molar-refractivity contribution in [3.05, 3.63) is 58.6 Å². The van der Waals surface area contributed by atoms with Gasteiger partial charge in [0.1, 0.15) is 23.9 Å². The molecule has 0 bridgehead atoms. The molecule has 0 heterocycles. The monoisotopic (exact) mass is 352 g/mol. The van der Waals surface area contributed by atoms with E-state index >= 15 is 0 Å². The molecule has 126 valence electrons. The molecule has 0 saturated heterocycles. The fraction of sp³-hybridized carbons (Fsp3) is 0.176. The van der Waals surface area contributed by atoms with Crippen LogP contribution >= 0.6 is 11.6 Å². The maximum atomic E-state index is 13.6. The maximum absolute atomic E-state index is 13.6. The highest BCUT2D eigenvalue weighted by molar-refractivity contribution is 6.31. The Morgan fingerprint density at radius 3 is 2.38 bits per heavy atom. The van der Waals surface area contributed by atoms with Gasteiger partial charge in [-0.05, 0) is 36.8 Å². The molecule has 2 aromatic carbocycles. The van der Waals surface area contributed by atoms with Crippen molar-refractivity contribution < 1.29 is 18.4 Å². The fourth-order valence-electron chi connectivity index (χ4n) is 2.18. The molecule has 0 spiro atoms. The summed E-state index contributed by atoms with van der Waals surface area (Å²) in [5.41, 5.74) is 0.646. The number of halogens is 3. The van der Waals surface area contributed by atoms with Gasteiger partial charge in [0.25, 0.3) is 0 Å². The van der Waals surface area contributed by atoms with Gasteiger partial charge in [-0.2, -0.15) is 0 Å². The summed E-state index contributed by atoms with van der Waals surface area (Å²) >= 11 is 5.94. The molecule has 2 aromatic rings. The number of benzene rings is 2. The highest BCUT2D eigenvalue weighted by atomic mass is 35.5. The van der Waals surface area contributed by atoms with E-state index < -0.39 is 35.7 Å². The summed E-state index contributed by atoms with van der Waals surface area (Å²) in [7, 11) is 0. The van der Waals surface area contributed by atoms with Crippen LogP contribution in [0.15, 0.2) is 36.4 Å². The van der Waals surface area contributed by atoms with Gasteiger partial charge in [-0.1, -0.05) is 23.7 Å². The third kappa shape index (κ3) is 4.08. The molecule has 24 heavy (non-hydrogen) atoms. The lowest BCUT2D eigenvalue weighted by Gasteiger charge is -2.23. The predicted molar refractivity (Wildman–Crippen MR) is 89.2 cm³/mol. The first kappa shape index (κ1) is 17.9. The minimum atomic E-state index is -0.892. The standard InChI is InChI=1S/C17H15ClF2N2O2/c1-10-6-7-12(18)8-15(10)22(11(2)23)9-16(24)21-17-13(19)4-3-5-14(17)20/h3-8H,9H2,1-2H3,(H,21,24). The molecule has 0 aliphatic rings. The highest BCUT2D eigenvalue weighted by Crippen LogP contribution is 2.25. The minimum Gasteiger partial charge on any atom is -0.320 e. The molecule has 2 rings (SSSR count). The number of carbonyl (C=O) groups is 2. The Morgan fingerprint density at radius 1 is 1.17 bits per heavy atom. The second kappa shape index (κ2) is 7.40. The molecular formula is C17H15ClF2N2O2. The molecule has 0 unspecified atom stereocenters. The molecule has 0 aromatic heterocycles. The molecule has 7 heteroatoms. The van der Waals surface area contributed by atoms with E-state index in [-0.39, 0.29) is 0 Å². The molecule has 0 aliphatic carbocycles. The second-order valence-corrected chi connectivity index (χ2v) is 5.62. The average Bonchev–Trinajstić information content (AvgIpc) is 2.51. The summed E-state index contributed by atoms with van der Waals surface area (Å²) in [5.74, 6) is -2.91. The molecule has 0 aliphatic heterocycles. The van der Waals surface area contributed by atoms with Crippen LogP contribution in [-0.2, 0) is 9.59 Å². The summed E-state index contributed by atoms with van der Waals surface area (Å²) in [5, 5.41) is 2.56. The van der Waals surface area contributed by atoms with Gasteiger partial charge in [-0.15, -0.1) is 0 Å². The van der Waals surface area contributed by atoms with Crippen molar-refractivity contribution in [2.75, 3.05) is 16.8 Å². The van der Waals surface area contributed by atoms with Gasteiger partial charge in [0, 0.05) is 17.6 Å². The van der Waals surface area contributed by atoms with Crippen LogP contribution in [0.2, 0.25) is 5.02 Å². The van der Waals surface area contributed by atoms with Gasteiger partial charge in [-0.3, -0.25) is 9.59 Å². The zero-order valence-corrected chi connectivity index (χ0v) is 13.8. The number of aryl methyl sites for hydroxylation is 1. The van der Waals surface area contributed by atoms with Crippen LogP contribution in [0.4, 0.5) is 20.2 Å². The summed E-state index contributed by atoms with van der Waals surface area (Å²) < 4.78 is 27.2. The van der Waals surface area contributed by atoms with Crippen molar-refractivity contribution in [1.29, 1.82) is 0 Å². The van der Waals surface area contributed by atoms with E-state index in [4.69, 9.17) is 11.6 Å². The summed E-state index contributed by atoms with van der Waals surface area (Å²) in [4.78, 5) is 25.2. The van der Waals surface area contributed by atoms with E-state index in [2.05, 4.69) is 5.32 Å². The Kier molecular flexibility index (Phi) is 5.51. The normalized spacial score (nSPS) is 10.4. The van der Waals surface area contributed by atoms with Crippen molar-refractivity contribution in [3.63, 3.8) is 0 Å². The van der Waals surface area contributed by atoms with Crippen LogP contribution in [-0.4, -0.2) is 18.4 Å². The lowest BCUT2D eigenvalue weighted by atomic mass is 10.1. The predicted octanol–water partition coefficient (Wildman–Crippen LogP) is 3.92. The molecular weight excluding hydrogens is 338 g/mol. The summed E-state index contributed by atoms with van der Waals surface area (Å²) in [6.45, 7) is 2.65. The first-order valence-electron chi connectivity index (χ1n) is 7.07. The molecule has 1 N–H and O–H groups in total. The van der Waals surface area contributed by atoms with E-state index in [1.807, 2.05) is 0 Å². The number of para-hydroxylation sites is 1. The first-order valence-corrected chi connectivity index (χ1v) is 7.45. The maximum Gasteiger partial charge on any atom is 0.244 e. The van der Waals surface area contributed by atoms with Crippen molar-refractivity contribution in [1.82, 2.24) is 0 Å². The number of nitrogens with zero attached hydrogens (tertiary/aromatic N) is 1. The van der Waals surface area contributed by atoms with Crippen LogP contribution in [0.3, 0.4) is 0 Å². The van der Waals surface area contributed by atoms with E-state index in [9.17, 15) is 18.4 Å². The van der Waals surface area contributed by atoms with Gasteiger partial charge in [-0.25, -0.2) is 8.78 Å². The van der Waals surface area contributed by atoms with Crippen molar-refractivity contribution in [3.8, 4) is 0 Å².